The van der Waals surface area contributed by atoms with Crippen LogP contribution in [0.2, 0.25) is 5.02 Å². The minimum Gasteiger partial charge on any atom is -0.339 e. The Morgan fingerprint density at radius 1 is 0.920 bits per heavy atom. The van der Waals surface area contributed by atoms with Gasteiger partial charge < -0.3 is 10.6 Å². The van der Waals surface area contributed by atoms with Crippen molar-refractivity contribution in [3.8, 4) is 0 Å². The summed E-state index contributed by atoms with van der Waals surface area (Å²) in [6, 6.07) is 15.7. The molecule has 0 fully saturated rings. The van der Waals surface area contributed by atoms with E-state index in [2.05, 4.69) is 58.7 Å². The van der Waals surface area contributed by atoms with E-state index < -0.39 is 0 Å². The molecule has 2 N–H and O–H groups in total. The zero-order valence-electron chi connectivity index (χ0n) is 14.4. The monoisotopic (exact) mass is 353 g/mol. The van der Waals surface area contributed by atoms with Crippen molar-refractivity contribution < 1.29 is 0 Å². The first-order chi connectivity index (χ1) is 11.9. The smallest absolute Gasteiger partial charge is 0.249 e. The van der Waals surface area contributed by atoms with E-state index >= 15 is 0 Å². The van der Waals surface area contributed by atoms with Gasteiger partial charge in [-0.05, 0) is 41.3 Å². The van der Waals surface area contributed by atoms with Crippen LogP contribution >= 0.6 is 11.6 Å². The summed E-state index contributed by atoms with van der Waals surface area (Å²) in [5, 5.41) is 15.0. The van der Waals surface area contributed by atoms with Gasteiger partial charge in [-0.2, -0.15) is 10.1 Å². The maximum Gasteiger partial charge on any atom is 0.249 e. The number of nitrogens with zero attached hydrogens (tertiary/aromatic N) is 3. The minimum atomic E-state index is 0.128. The van der Waals surface area contributed by atoms with Gasteiger partial charge in [-0.3, -0.25) is 0 Å². The summed E-state index contributed by atoms with van der Waals surface area (Å²) in [4.78, 5) is 4.43. The van der Waals surface area contributed by atoms with E-state index in [1.165, 1.54) is 5.56 Å². The molecule has 1 heterocycles. The van der Waals surface area contributed by atoms with Crippen LogP contribution in [0.3, 0.4) is 0 Å². The Kier molecular flexibility index (Phi) is 4.86. The summed E-state index contributed by atoms with van der Waals surface area (Å²) in [5.74, 6) is 1.02. The van der Waals surface area contributed by atoms with E-state index in [4.69, 9.17) is 11.6 Å². The molecule has 0 amide bonds. The van der Waals surface area contributed by atoms with Crippen LogP contribution in [-0.4, -0.2) is 15.2 Å². The number of anilines is 4. The number of benzene rings is 2. The highest BCUT2D eigenvalue weighted by Crippen LogP contribution is 2.25. The van der Waals surface area contributed by atoms with Crippen molar-refractivity contribution in [1.82, 2.24) is 15.2 Å². The lowest BCUT2D eigenvalue weighted by Gasteiger charge is -2.19. The second-order valence-corrected chi connectivity index (χ2v) is 7.19. The van der Waals surface area contributed by atoms with Gasteiger partial charge in [0.2, 0.25) is 5.95 Å². The highest BCUT2D eigenvalue weighted by molar-refractivity contribution is 6.30. The van der Waals surface area contributed by atoms with Crippen LogP contribution in [0.4, 0.5) is 23.1 Å². The van der Waals surface area contributed by atoms with Crippen molar-refractivity contribution in [3.63, 3.8) is 0 Å². The molecule has 0 aliphatic carbocycles. The summed E-state index contributed by atoms with van der Waals surface area (Å²) in [6.45, 7) is 6.58. The molecular weight excluding hydrogens is 334 g/mol. The SMILES string of the molecule is CC(C)(C)c1ccc(Nc2cnnc(Nc3cccc(Cl)c3)n2)cc1. The number of halogens is 1. The van der Waals surface area contributed by atoms with Gasteiger partial charge in [0.1, 0.15) is 0 Å². The highest BCUT2D eigenvalue weighted by atomic mass is 35.5. The van der Waals surface area contributed by atoms with Crippen LogP contribution in [0.25, 0.3) is 0 Å². The lowest BCUT2D eigenvalue weighted by atomic mass is 9.87. The second-order valence-electron chi connectivity index (χ2n) is 6.75. The second kappa shape index (κ2) is 7.07. The predicted molar refractivity (Wildman–Crippen MR) is 103 cm³/mol. The lowest BCUT2D eigenvalue weighted by Crippen LogP contribution is -2.10. The van der Waals surface area contributed by atoms with Crippen LogP contribution in [-0.2, 0) is 5.41 Å². The number of aromatic nitrogens is 3. The average molecular weight is 354 g/mol. The Bertz CT molecular complexity index is 856. The van der Waals surface area contributed by atoms with Crippen LogP contribution in [0.1, 0.15) is 26.3 Å². The summed E-state index contributed by atoms with van der Waals surface area (Å²) in [7, 11) is 0. The molecule has 6 heteroatoms. The van der Waals surface area contributed by atoms with Gasteiger partial charge in [-0.25, -0.2) is 0 Å². The third-order valence-corrected chi connectivity index (χ3v) is 3.90. The van der Waals surface area contributed by atoms with E-state index in [0.29, 0.717) is 16.8 Å². The molecule has 3 aromatic rings. The van der Waals surface area contributed by atoms with E-state index in [9.17, 15) is 0 Å². The predicted octanol–water partition coefficient (Wildman–Crippen LogP) is 5.31. The molecule has 2 aromatic carbocycles. The fraction of sp³-hybridized carbons (Fsp3) is 0.211. The molecule has 3 rings (SSSR count). The Morgan fingerprint density at radius 3 is 2.36 bits per heavy atom. The number of hydrogen-bond donors (Lipinski definition) is 2. The standard InChI is InChI=1S/C19H20ClN5/c1-19(2,3)13-7-9-15(10-8-13)22-17-12-21-25-18(24-17)23-16-6-4-5-14(20)11-16/h4-12H,1-3H3,(H2,22,23,24,25). The fourth-order valence-corrected chi connectivity index (χ4v) is 2.50. The maximum absolute atomic E-state index is 5.99. The largest absolute Gasteiger partial charge is 0.339 e. The van der Waals surface area contributed by atoms with Crippen molar-refractivity contribution in [2.24, 2.45) is 0 Å². The Labute approximate surface area is 152 Å². The van der Waals surface area contributed by atoms with Gasteiger partial charge in [-0.1, -0.05) is 50.6 Å². The van der Waals surface area contributed by atoms with E-state index in [0.717, 1.165) is 11.4 Å². The quantitative estimate of drug-likeness (QED) is 0.665. The topological polar surface area (TPSA) is 62.7 Å². The van der Waals surface area contributed by atoms with Crippen LogP contribution in [0, 0.1) is 0 Å². The van der Waals surface area contributed by atoms with Crippen molar-refractivity contribution in [2.75, 3.05) is 10.6 Å². The molecule has 0 aliphatic heterocycles. The molecule has 0 unspecified atom stereocenters. The Morgan fingerprint density at radius 2 is 1.68 bits per heavy atom. The van der Waals surface area contributed by atoms with Crippen LogP contribution < -0.4 is 10.6 Å². The van der Waals surface area contributed by atoms with Gasteiger partial charge in [0, 0.05) is 16.4 Å². The van der Waals surface area contributed by atoms with Crippen molar-refractivity contribution in [1.29, 1.82) is 0 Å². The summed E-state index contributed by atoms with van der Waals surface area (Å²) >= 11 is 5.99. The van der Waals surface area contributed by atoms with Gasteiger partial charge in [0.25, 0.3) is 0 Å². The molecule has 5 nitrogen and oxygen atoms in total. The lowest BCUT2D eigenvalue weighted by molar-refractivity contribution is 0.590. The molecule has 0 saturated heterocycles. The normalized spacial score (nSPS) is 11.2. The first-order valence-electron chi connectivity index (χ1n) is 8.00. The summed E-state index contributed by atoms with van der Waals surface area (Å²) in [5.41, 5.74) is 3.16. The molecule has 0 aliphatic rings. The van der Waals surface area contributed by atoms with Crippen molar-refractivity contribution in [3.05, 3.63) is 65.3 Å². The number of nitrogens with one attached hydrogen (secondary N) is 2. The van der Waals surface area contributed by atoms with Crippen molar-refractivity contribution >= 4 is 34.7 Å². The zero-order valence-corrected chi connectivity index (χ0v) is 15.2. The molecule has 25 heavy (non-hydrogen) atoms. The Balaban J connectivity index is 1.73. The molecule has 0 atom stereocenters. The fourth-order valence-electron chi connectivity index (χ4n) is 2.31. The number of rotatable bonds is 4. The van der Waals surface area contributed by atoms with Gasteiger partial charge in [-0.15, -0.1) is 5.10 Å². The summed E-state index contributed by atoms with van der Waals surface area (Å²) in [6.07, 6.45) is 1.58. The van der Waals surface area contributed by atoms with E-state index in [1.807, 2.05) is 30.3 Å². The maximum atomic E-state index is 5.99. The molecule has 0 saturated carbocycles. The van der Waals surface area contributed by atoms with Gasteiger partial charge in [0.15, 0.2) is 5.82 Å². The van der Waals surface area contributed by atoms with Gasteiger partial charge in [0.05, 0.1) is 6.20 Å². The molecule has 0 spiro atoms. The first-order valence-corrected chi connectivity index (χ1v) is 8.38. The molecule has 128 valence electrons. The molecule has 1 aromatic heterocycles. The third-order valence-electron chi connectivity index (χ3n) is 3.66. The zero-order chi connectivity index (χ0) is 17.9. The molecule has 0 radical (unpaired) electrons. The minimum absolute atomic E-state index is 0.128. The van der Waals surface area contributed by atoms with Crippen molar-refractivity contribution in [2.45, 2.75) is 26.2 Å². The Hall–Kier alpha value is -2.66. The van der Waals surface area contributed by atoms with Gasteiger partial charge >= 0.3 is 0 Å². The van der Waals surface area contributed by atoms with Crippen LogP contribution in [0.5, 0.6) is 0 Å². The van der Waals surface area contributed by atoms with E-state index in [-0.39, 0.29) is 5.41 Å². The van der Waals surface area contributed by atoms with Crippen LogP contribution in [0.15, 0.2) is 54.7 Å². The summed E-state index contributed by atoms with van der Waals surface area (Å²) < 4.78 is 0. The molecular formula is C19H20ClN5. The molecule has 0 bridgehead atoms. The average Bonchev–Trinajstić information content (AvgIpc) is 2.55. The van der Waals surface area contributed by atoms with E-state index in [1.54, 1.807) is 12.3 Å². The highest BCUT2D eigenvalue weighted by Gasteiger charge is 2.13. The first kappa shape index (κ1) is 17.2. The number of hydrogen-bond acceptors (Lipinski definition) is 5. The third kappa shape index (κ3) is 4.67.